The van der Waals surface area contributed by atoms with Crippen molar-refractivity contribution in [1.29, 1.82) is 0 Å². The molecule has 0 unspecified atom stereocenters. The SMILES string of the molecule is O=C(O)c1cc2cc3ccccc3cc2cc1Br. The third-order valence-corrected chi connectivity index (χ3v) is 3.68. The topological polar surface area (TPSA) is 37.3 Å². The zero-order valence-electron chi connectivity index (χ0n) is 9.35. The molecule has 0 aliphatic heterocycles. The number of hydrogen-bond donors (Lipinski definition) is 1. The molecule has 2 nitrogen and oxygen atoms in total. The molecule has 0 saturated heterocycles. The van der Waals surface area contributed by atoms with Crippen LogP contribution in [0.25, 0.3) is 21.5 Å². The zero-order chi connectivity index (χ0) is 12.7. The fraction of sp³-hybridized carbons (Fsp3) is 0. The van der Waals surface area contributed by atoms with E-state index in [1.54, 1.807) is 6.07 Å². The second-order valence-corrected chi connectivity index (χ2v) is 5.04. The highest BCUT2D eigenvalue weighted by Gasteiger charge is 2.10. The number of carbonyl (C=O) groups is 1. The average molecular weight is 301 g/mol. The molecule has 0 aliphatic carbocycles. The van der Waals surface area contributed by atoms with Crippen molar-refractivity contribution in [3.8, 4) is 0 Å². The summed E-state index contributed by atoms with van der Waals surface area (Å²) < 4.78 is 0.609. The third-order valence-electron chi connectivity index (χ3n) is 3.02. The smallest absolute Gasteiger partial charge is 0.336 e. The summed E-state index contributed by atoms with van der Waals surface area (Å²) in [6.45, 7) is 0. The molecule has 88 valence electrons. The fourth-order valence-corrected chi connectivity index (χ4v) is 2.66. The molecule has 3 aromatic carbocycles. The molecule has 0 aromatic heterocycles. The summed E-state index contributed by atoms with van der Waals surface area (Å²) in [6, 6.07) is 15.7. The Bertz CT molecular complexity index is 778. The lowest BCUT2D eigenvalue weighted by Gasteiger charge is -2.05. The molecule has 0 radical (unpaired) electrons. The van der Waals surface area contributed by atoms with Gasteiger partial charge in [0.2, 0.25) is 0 Å². The monoisotopic (exact) mass is 300 g/mol. The summed E-state index contributed by atoms with van der Waals surface area (Å²) in [4.78, 5) is 11.1. The lowest BCUT2D eigenvalue weighted by atomic mass is 10.0. The van der Waals surface area contributed by atoms with Gasteiger partial charge in [-0.3, -0.25) is 0 Å². The highest BCUT2D eigenvalue weighted by Crippen LogP contribution is 2.28. The van der Waals surface area contributed by atoms with E-state index in [0.29, 0.717) is 4.47 Å². The van der Waals surface area contributed by atoms with Gasteiger partial charge in [-0.05, 0) is 61.7 Å². The Hall–Kier alpha value is -1.87. The van der Waals surface area contributed by atoms with Gasteiger partial charge in [0.05, 0.1) is 5.56 Å². The predicted molar refractivity (Wildman–Crippen MR) is 76.1 cm³/mol. The number of rotatable bonds is 1. The van der Waals surface area contributed by atoms with Crippen LogP contribution in [0.5, 0.6) is 0 Å². The van der Waals surface area contributed by atoms with Crippen LogP contribution in [0.4, 0.5) is 0 Å². The van der Waals surface area contributed by atoms with Crippen LogP contribution >= 0.6 is 15.9 Å². The number of carboxylic acids is 1. The standard InChI is InChI=1S/C15H9BrO2/c16-14-8-12-6-10-4-2-1-3-9(10)5-11(12)7-13(14)15(17)18/h1-8H,(H,17,18). The molecule has 1 N–H and O–H groups in total. The van der Waals surface area contributed by atoms with E-state index < -0.39 is 5.97 Å². The Labute approximate surface area is 112 Å². The van der Waals surface area contributed by atoms with Crippen molar-refractivity contribution in [3.05, 3.63) is 58.6 Å². The van der Waals surface area contributed by atoms with E-state index in [-0.39, 0.29) is 5.56 Å². The van der Waals surface area contributed by atoms with Gasteiger partial charge >= 0.3 is 5.97 Å². The van der Waals surface area contributed by atoms with E-state index in [0.717, 1.165) is 21.5 Å². The van der Waals surface area contributed by atoms with E-state index in [2.05, 4.69) is 22.0 Å². The third kappa shape index (κ3) is 1.77. The second kappa shape index (κ2) is 4.10. The summed E-state index contributed by atoms with van der Waals surface area (Å²) in [5.41, 5.74) is 0.290. The molecule has 0 bridgehead atoms. The maximum Gasteiger partial charge on any atom is 0.336 e. The molecule has 0 aliphatic rings. The van der Waals surface area contributed by atoms with Crippen LogP contribution in [-0.4, -0.2) is 11.1 Å². The molecule has 0 atom stereocenters. The Morgan fingerprint density at radius 3 is 2.00 bits per heavy atom. The Morgan fingerprint density at radius 1 is 0.889 bits per heavy atom. The molecule has 0 fully saturated rings. The van der Waals surface area contributed by atoms with Crippen LogP contribution in [-0.2, 0) is 0 Å². The van der Waals surface area contributed by atoms with Gasteiger partial charge in [-0.25, -0.2) is 4.79 Å². The summed E-state index contributed by atoms with van der Waals surface area (Å²) in [5, 5.41) is 13.3. The molecule has 0 amide bonds. The van der Waals surface area contributed by atoms with Gasteiger partial charge in [-0.2, -0.15) is 0 Å². The van der Waals surface area contributed by atoms with Crippen LogP contribution in [0.3, 0.4) is 0 Å². The van der Waals surface area contributed by atoms with Gasteiger partial charge in [0.1, 0.15) is 0 Å². The normalized spacial score (nSPS) is 10.9. The van der Waals surface area contributed by atoms with Crippen molar-refractivity contribution in [2.45, 2.75) is 0 Å². The van der Waals surface area contributed by atoms with Crippen LogP contribution in [0.2, 0.25) is 0 Å². The molecule has 0 spiro atoms. The Kier molecular flexibility index (Phi) is 2.56. The van der Waals surface area contributed by atoms with Gasteiger partial charge in [-0.15, -0.1) is 0 Å². The van der Waals surface area contributed by atoms with Gasteiger partial charge in [-0.1, -0.05) is 24.3 Å². The van der Waals surface area contributed by atoms with Crippen molar-refractivity contribution in [1.82, 2.24) is 0 Å². The maximum absolute atomic E-state index is 11.1. The molecule has 0 heterocycles. The number of halogens is 1. The first-order chi connectivity index (χ1) is 8.65. The largest absolute Gasteiger partial charge is 0.478 e. The lowest BCUT2D eigenvalue weighted by Crippen LogP contribution is -1.97. The summed E-state index contributed by atoms with van der Waals surface area (Å²) in [6.07, 6.45) is 0. The first kappa shape index (κ1) is 11.2. The van der Waals surface area contributed by atoms with E-state index in [4.69, 9.17) is 5.11 Å². The van der Waals surface area contributed by atoms with Crippen molar-refractivity contribution in [3.63, 3.8) is 0 Å². The summed E-state index contributed by atoms with van der Waals surface area (Å²) in [5.74, 6) is -0.920. The minimum absolute atomic E-state index is 0.290. The predicted octanol–water partition coefficient (Wildman–Crippen LogP) is 4.45. The van der Waals surface area contributed by atoms with E-state index in [1.165, 1.54) is 0 Å². The first-order valence-electron chi connectivity index (χ1n) is 5.50. The van der Waals surface area contributed by atoms with Crippen molar-refractivity contribution >= 4 is 43.4 Å². The van der Waals surface area contributed by atoms with Crippen molar-refractivity contribution in [2.75, 3.05) is 0 Å². The number of benzene rings is 3. The van der Waals surface area contributed by atoms with Gasteiger partial charge in [0.25, 0.3) is 0 Å². The fourth-order valence-electron chi connectivity index (χ4n) is 2.13. The van der Waals surface area contributed by atoms with Crippen LogP contribution in [0.15, 0.2) is 53.0 Å². The number of carboxylic acid groups (broad SMARTS) is 1. The minimum Gasteiger partial charge on any atom is -0.478 e. The average Bonchev–Trinajstić information content (AvgIpc) is 2.35. The molecule has 3 rings (SSSR count). The quantitative estimate of drug-likeness (QED) is 0.674. The minimum atomic E-state index is -0.920. The molecule has 3 aromatic rings. The number of aromatic carboxylic acids is 1. The molecule has 3 heteroatoms. The lowest BCUT2D eigenvalue weighted by molar-refractivity contribution is 0.0696. The second-order valence-electron chi connectivity index (χ2n) is 4.18. The van der Waals surface area contributed by atoms with Crippen LogP contribution < -0.4 is 0 Å². The van der Waals surface area contributed by atoms with Crippen molar-refractivity contribution in [2.24, 2.45) is 0 Å². The highest BCUT2D eigenvalue weighted by atomic mass is 79.9. The summed E-state index contributed by atoms with van der Waals surface area (Å²) >= 11 is 3.30. The van der Waals surface area contributed by atoms with E-state index >= 15 is 0 Å². The van der Waals surface area contributed by atoms with E-state index in [9.17, 15) is 4.79 Å². The Morgan fingerprint density at radius 2 is 1.44 bits per heavy atom. The highest BCUT2D eigenvalue weighted by molar-refractivity contribution is 9.10. The first-order valence-corrected chi connectivity index (χ1v) is 6.30. The van der Waals surface area contributed by atoms with Crippen molar-refractivity contribution < 1.29 is 9.90 Å². The molecule has 0 saturated carbocycles. The van der Waals surface area contributed by atoms with Gasteiger partial charge in [0, 0.05) is 4.47 Å². The van der Waals surface area contributed by atoms with Crippen LogP contribution in [0, 0.1) is 0 Å². The zero-order valence-corrected chi connectivity index (χ0v) is 10.9. The van der Waals surface area contributed by atoms with Gasteiger partial charge < -0.3 is 5.11 Å². The Balaban J connectivity index is 2.40. The summed E-state index contributed by atoms with van der Waals surface area (Å²) in [7, 11) is 0. The van der Waals surface area contributed by atoms with Crippen LogP contribution in [0.1, 0.15) is 10.4 Å². The molecule has 18 heavy (non-hydrogen) atoms. The van der Waals surface area contributed by atoms with E-state index in [1.807, 2.05) is 36.4 Å². The molecular formula is C15H9BrO2. The maximum atomic E-state index is 11.1. The number of fused-ring (bicyclic) bond motifs is 2. The van der Waals surface area contributed by atoms with Gasteiger partial charge in [0.15, 0.2) is 0 Å². The molecular weight excluding hydrogens is 292 g/mol. The number of hydrogen-bond acceptors (Lipinski definition) is 1.